The summed E-state index contributed by atoms with van der Waals surface area (Å²) in [6.45, 7) is 0. The number of nitrogens with zero attached hydrogens (tertiary/aromatic N) is 1. The molecule has 2 aromatic carbocycles. The molecule has 23 heavy (non-hydrogen) atoms. The Hall–Kier alpha value is -2.46. The van der Waals surface area contributed by atoms with Crippen LogP contribution in [0, 0.1) is 28.8 Å². The highest BCUT2D eigenvalue weighted by Gasteiger charge is 2.15. The van der Waals surface area contributed by atoms with Crippen LogP contribution >= 0.6 is 11.8 Å². The molecule has 2 aromatic rings. The van der Waals surface area contributed by atoms with Crippen LogP contribution in [0.25, 0.3) is 0 Å². The number of hydrogen-bond donors (Lipinski definition) is 1. The zero-order valence-electron chi connectivity index (χ0n) is 11.8. The van der Waals surface area contributed by atoms with Crippen LogP contribution in [0.3, 0.4) is 0 Å². The largest absolute Gasteiger partial charge is 0.323 e. The van der Waals surface area contributed by atoms with Crippen LogP contribution in [-0.2, 0) is 10.5 Å². The minimum atomic E-state index is -1.62. The number of amides is 1. The summed E-state index contributed by atoms with van der Waals surface area (Å²) in [5, 5.41) is 10.9. The van der Waals surface area contributed by atoms with Gasteiger partial charge in [-0.25, -0.2) is 13.2 Å². The minimum absolute atomic E-state index is 0.0262. The molecule has 3 nitrogen and oxygen atoms in total. The summed E-state index contributed by atoms with van der Waals surface area (Å²) in [6, 6.07) is 10.6. The Morgan fingerprint density at radius 1 is 1.09 bits per heavy atom. The second kappa shape index (κ2) is 7.70. The third-order valence-electron chi connectivity index (χ3n) is 2.89. The van der Waals surface area contributed by atoms with Crippen LogP contribution in [0.1, 0.15) is 11.1 Å². The van der Waals surface area contributed by atoms with E-state index in [-0.39, 0.29) is 5.75 Å². The zero-order valence-corrected chi connectivity index (χ0v) is 12.6. The Morgan fingerprint density at radius 3 is 2.43 bits per heavy atom. The van der Waals surface area contributed by atoms with Crippen molar-refractivity contribution in [1.82, 2.24) is 0 Å². The van der Waals surface area contributed by atoms with Gasteiger partial charge in [-0.3, -0.25) is 4.79 Å². The highest BCUT2D eigenvalue weighted by molar-refractivity contribution is 7.99. The molecular weight excluding hydrogens is 325 g/mol. The fraction of sp³-hybridized carbons (Fsp3) is 0.125. The number of nitriles is 1. The highest BCUT2D eigenvalue weighted by atomic mass is 32.2. The van der Waals surface area contributed by atoms with E-state index < -0.39 is 29.0 Å². The lowest BCUT2D eigenvalue weighted by atomic mass is 10.2. The normalized spacial score (nSPS) is 10.2. The molecule has 0 saturated carbocycles. The van der Waals surface area contributed by atoms with Gasteiger partial charge in [-0.15, -0.1) is 11.8 Å². The lowest BCUT2D eigenvalue weighted by Crippen LogP contribution is -2.16. The predicted octanol–water partition coefficient (Wildman–Crippen LogP) is 3.85. The molecule has 0 fully saturated rings. The van der Waals surface area contributed by atoms with Crippen LogP contribution in [0.5, 0.6) is 0 Å². The summed E-state index contributed by atoms with van der Waals surface area (Å²) >= 11 is 1.28. The van der Waals surface area contributed by atoms with E-state index in [9.17, 15) is 18.0 Å². The van der Waals surface area contributed by atoms with Crippen LogP contribution in [-0.4, -0.2) is 11.7 Å². The van der Waals surface area contributed by atoms with E-state index in [1.165, 1.54) is 11.8 Å². The van der Waals surface area contributed by atoms with Gasteiger partial charge in [-0.05, 0) is 29.8 Å². The molecule has 0 atom stereocenters. The smallest absolute Gasteiger partial charge is 0.234 e. The van der Waals surface area contributed by atoms with E-state index in [1.54, 1.807) is 24.3 Å². The van der Waals surface area contributed by atoms with Crippen LogP contribution in [0.15, 0.2) is 36.4 Å². The van der Waals surface area contributed by atoms with Crippen molar-refractivity contribution in [1.29, 1.82) is 5.26 Å². The molecule has 0 bridgehead atoms. The number of nitrogens with one attached hydrogen (secondary N) is 1. The fourth-order valence-corrected chi connectivity index (χ4v) is 2.53. The highest BCUT2D eigenvalue weighted by Crippen LogP contribution is 2.20. The van der Waals surface area contributed by atoms with Gasteiger partial charge in [0.25, 0.3) is 0 Å². The molecule has 0 heterocycles. The van der Waals surface area contributed by atoms with Crippen molar-refractivity contribution in [2.75, 3.05) is 11.1 Å². The summed E-state index contributed by atoms with van der Waals surface area (Å²) in [6.07, 6.45) is 0. The van der Waals surface area contributed by atoms with Crippen molar-refractivity contribution in [3.05, 3.63) is 65.0 Å². The van der Waals surface area contributed by atoms with Crippen LogP contribution in [0.4, 0.5) is 18.9 Å². The van der Waals surface area contributed by atoms with Gasteiger partial charge >= 0.3 is 0 Å². The standard InChI is InChI=1S/C16H11F3N2OS/c17-12-5-6-13(16(19)15(12)18)21-14(22)9-23-8-11-3-1-10(7-20)2-4-11/h1-6H,8-9H2,(H,21,22). The topological polar surface area (TPSA) is 52.9 Å². The molecule has 0 aliphatic rings. The summed E-state index contributed by atoms with van der Waals surface area (Å²) in [5.41, 5.74) is 1.08. The second-order valence-electron chi connectivity index (χ2n) is 4.57. The van der Waals surface area contributed by atoms with Crippen molar-refractivity contribution < 1.29 is 18.0 Å². The summed E-state index contributed by atoms with van der Waals surface area (Å²) in [4.78, 5) is 11.7. The van der Waals surface area contributed by atoms with E-state index >= 15 is 0 Å². The minimum Gasteiger partial charge on any atom is -0.323 e. The SMILES string of the molecule is N#Cc1ccc(CSCC(=O)Nc2ccc(F)c(F)c2F)cc1. The third-order valence-corrected chi connectivity index (χ3v) is 3.90. The van der Waals surface area contributed by atoms with Gasteiger partial charge in [0, 0.05) is 5.75 Å². The first-order valence-corrected chi connectivity index (χ1v) is 7.67. The molecule has 1 N–H and O–H groups in total. The van der Waals surface area contributed by atoms with Gasteiger partial charge in [0.2, 0.25) is 5.91 Å². The second-order valence-corrected chi connectivity index (χ2v) is 5.56. The number of benzene rings is 2. The van der Waals surface area contributed by atoms with Gasteiger partial charge in [0.15, 0.2) is 17.5 Å². The first-order chi connectivity index (χ1) is 11.0. The first-order valence-electron chi connectivity index (χ1n) is 6.51. The summed E-state index contributed by atoms with van der Waals surface area (Å²) in [5.74, 6) is -4.31. The van der Waals surface area contributed by atoms with Crippen LogP contribution < -0.4 is 5.32 Å². The maximum absolute atomic E-state index is 13.4. The molecule has 0 aliphatic heterocycles. The van der Waals surface area contributed by atoms with Crippen molar-refractivity contribution in [3.63, 3.8) is 0 Å². The summed E-state index contributed by atoms with van der Waals surface area (Å²) in [7, 11) is 0. The third kappa shape index (κ3) is 4.50. The number of hydrogen-bond acceptors (Lipinski definition) is 3. The number of rotatable bonds is 5. The number of anilines is 1. The van der Waals surface area contributed by atoms with E-state index in [0.717, 1.165) is 17.7 Å². The van der Waals surface area contributed by atoms with Crippen molar-refractivity contribution in [2.45, 2.75) is 5.75 Å². The molecule has 0 radical (unpaired) electrons. The van der Waals surface area contributed by atoms with Crippen molar-refractivity contribution in [3.8, 4) is 6.07 Å². The lowest BCUT2D eigenvalue weighted by Gasteiger charge is -2.07. The maximum Gasteiger partial charge on any atom is 0.234 e. The Morgan fingerprint density at radius 2 is 1.78 bits per heavy atom. The zero-order chi connectivity index (χ0) is 16.8. The molecule has 0 aliphatic carbocycles. The Labute approximate surface area is 135 Å². The van der Waals surface area contributed by atoms with E-state index in [1.807, 2.05) is 6.07 Å². The molecule has 118 valence electrons. The average molecular weight is 336 g/mol. The van der Waals surface area contributed by atoms with E-state index in [4.69, 9.17) is 5.26 Å². The predicted molar refractivity (Wildman–Crippen MR) is 82.3 cm³/mol. The van der Waals surface area contributed by atoms with Gasteiger partial charge in [-0.1, -0.05) is 12.1 Å². The van der Waals surface area contributed by atoms with Crippen LogP contribution in [0.2, 0.25) is 0 Å². The van der Waals surface area contributed by atoms with Gasteiger partial charge in [-0.2, -0.15) is 5.26 Å². The molecular formula is C16H11F3N2OS. The average Bonchev–Trinajstić information content (AvgIpc) is 2.56. The molecule has 2 rings (SSSR count). The number of carbonyl (C=O) groups excluding carboxylic acids is 1. The summed E-state index contributed by atoms with van der Waals surface area (Å²) < 4.78 is 39.3. The number of carbonyl (C=O) groups is 1. The monoisotopic (exact) mass is 336 g/mol. The number of thioether (sulfide) groups is 1. The van der Waals surface area contributed by atoms with E-state index in [0.29, 0.717) is 11.3 Å². The van der Waals surface area contributed by atoms with Crippen molar-refractivity contribution >= 4 is 23.4 Å². The quantitative estimate of drug-likeness (QED) is 0.844. The molecule has 0 aromatic heterocycles. The molecule has 0 spiro atoms. The lowest BCUT2D eigenvalue weighted by molar-refractivity contribution is -0.113. The van der Waals surface area contributed by atoms with Crippen molar-refractivity contribution in [2.24, 2.45) is 0 Å². The first kappa shape index (κ1) is 16.9. The molecule has 7 heteroatoms. The molecule has 1 amide bonds. The Bertz CT molecular complexity index is 757. The van der Waals surface area contributed by atoms with Gasteiger partial charge in [0.05, 0.1) is 23.1 Å². The molecule has 0 saturated heterocycles. The fourth-order valence-electron chi connectivity index (χ4n) is 1.75. The number of halogens is 3. The maximum atomic E-state index is 13.4. The van der Waals surface area contributed by atoms with E-state index in [2.05, 4.69) is 5.32 Å². The Balaban J connectivity index is 1.86. The van der Waals surface area contributed by atoms with Gasteiger partial charge in [0.1, 0.15) is 0 Å². The Kier molecular flexibility index (Phi) is 5.66. The molecule has 0 unspecified atom stereocenters. The van der Waals surface area contributed by atoms with Gasteiger partial charge < -0.3 is 5.32 Å².